The molecule has 1 aromatic carbocycles. The lowest BCUT2D eigenvalue weighted by Gasteiger charge is -2.07. The minimum atomic E-state index is -0.360. The Morgan fingerprint density at radius 2 is 2.05 bits per heavy atom. The van der Waals surface area contributed by atoms with Crippen molar-refractivity contribution in [3.63, 3.8) is 0 Å². The molecule has 0 aliphatic heterocycles. The summed E-state index contributed by atoms with van der Waals surface area (Å²) >= 11 is 1.56. The summed E-state index contributed by atoms with van der Waals surface area (Å²) in [5, 5.41) is 2.90. The van der Waals surface area contributed by atoms with E-state index in [4.69, 9.17) is 4.74 Å². The highest BCUT2D eigenvalue weighted by molar-refractivity contribution is 7.13. The molecule has 0 spiro atoms. The van der Waals surface area contributed by atoms with E-state index in [0.29, 0.717) is 11.3 Å². The lowest BCUT2D eigenvalue weighted by atomic mass is 10.1. The predicted molar refractivity (Wildman–Crippen MR) is 76.4 cm³/mol. The number of thiophene rings is 1. The van der Waals surface area contributed by atoms with Crippen LogP contribution in [0.25, 0.3) is 21.5 Å². The van der Waals surface area contributed by atoms with E-state index in [1.165, 1.54) is 7.11 Å². The number of nitrogens with zero attached hydrogens (tertiary/aromatic N) is 1. The van der Waals surface area contributed by atoms with Crippen molar-refractivity contribution in [2.75, 3.05) is 7.11 Å². The molecule has 2 aromatic heterocycles. The molecule has 0 saturated heterocycles. The zero-order valence-electron chi connectivity index (χ0n) is 10.3. The Morgan fingerprint density at radius 3 is 2.79 bits per heavy atom. The van der Waals surface area contributed by atoms with Gasteiger partial charge in [0, 0.05) is 5.39 Å². The molecule has 0 bridgehead atoms. The van der Waals surface area contributed by atoms with E-state index in [-0.39, 0.29) is 5.97 Å². The standard InChI is InChI=1S/C15H11NO2S/c1-18-15(17)11-9-10-5-2-3-6-12(10)16-14(11)13-7-4-8-19-13/h2-9H,1H3. The van der Waals surface area contributed by atoms with Crippen LogP contribution in [0.4, 0.5) is 0 Å². The predicted octanol–water partition coefficient (Wildman–Crippen LogP) is 3.75. The molecule has 2 heterocycles. The van der Waals surface area contributed by atoms with E-state index in [9.17, 15) is 4.79 Å². The fraction of sp³-hybridized carbons (Fsp3) is 0.0667. The van der Waals surface area contributed by atoms with Crippen LogP contribution in [0.5, 0.6) is 0 Å². The van der Waals surface area contributed by atoms with Crippen LogP contribution in [0.15, 0.2) is 47.8 Å². The van der Waals surface area contributed by atoms with Crippen molar-refractivity contribution < 1.29 is 9.53 Å². The molecule has 0 aliphatic carbocycles. The number of esters is 1. The summed E-state index contributed by atoms with van der Waals surface area (Å²) in [5.41, 5.74) is 2.06. The van der Waals surface area contributed by atoms with Gasteiger partial charge >= 0.3 is 5.97 Å². The van der Waals surface area contributed by atoms with Gasteiger partial charge in [-0.15, -0.1) is 11.3 Å². The number of carbonyl (C=O) groups excluding carboxylic acids is 1. The minimum absolute atomic E-state index is 0.360. The maximum Gasteiger partial charge on any atom is 0.340 e. The molecular weight excluding hydrogens is 258 g/mol. The van der Waals surface area contributed by atoms with Gasteiger partial charge in [-0.05, 0) is 23.6 Å². The maximum atomic E-state index is 11.9. The van der Waals surface area contributed by atoms with Gasteiger partial charge in [-0.1, -0.05) is 24.3 Å². The first-order valence-electron chi connectivity index (χ1n) is 5.81. The second-order valence-corrected chi connectivity index (χ2v) is 4.99. The van der Waals surface area contributed by atoms with Crippen LogP contribution >= 0.6 is 11.3 Å². The van der Waals surface area contributed by atoms with Gasteiger partial charge < -0.3 is 4.74 Å². The third-order valence-corrected chi connectivity index (χ3v) is 3.76. The summed E-state index contributed by atoms with van der Waals surface area (Å²) in [7, 11) is 1.38. The number of aromatic nitrogens is 1. The van der Waals surface area contributed by atoms with Gasteiger partial charge in [-0.25, -0.2) is 9.78 Å². The summed E-state index contributed by atoms with van der Waals surface area (Å²) < 4.78 is 4.85. The highest BCUT2D eigenvalue weighted by Crippen LogP contribution is 2.29. The molecule has 19 heavy (non-hydrogen) atoms. The topological polar surface area (TPSA) is 39.2 Å². The van der Waals surface area contributed by atoms with Crippen molar-refractivity contribution in [1.29, 1.82) is 0 Å². The number of hydrogen-bond acceptors (Lipinski definition) is 4. The van der Waals surface area contributed by atoms with Crippen LogP contribution in [-0.4, -0.2) is 18.1 Å². The number of pyridine rings is 1. The quantitative estimate of drug-likeness (QED) is 0.665. The number of benzene rings is 1. The Hall–Kier alpha value is -2.20. The second kappa shape index (κ2) is 4.82. The van der Waals surface area contributed by atoms with E-state index in [0.717, 1.165) is 15.8 Å². The van der Waals surface area contributed by atoms with Gasteiger partial charge in [0.05, 0.1) is 28.8 Å². The van der Waals surface area contributed by atoms with Crippen LogP contribution < -0.4 is 0 Å². The summed E-state index contributed by atoms with van der Waals surface area (Å²) in [5.74, 6) is -0.360. The number of hydrogen-bond donors (Lipinski definition) is 0. The van der Waals surface area contributed by atoms with Gasteiger partial charge in [0.25, 0.3) is 0 Å². The zero-order chi connectivity index (χ0) is 13.2. The van der Waals surface area contributed by atoms with E-state index in [1.807, 2.05) is 47.8 Å². The Kier molecular flexibility index (Phi) is 3.01. The van der Waals surface area contributed by atoms with Gasteiger partial charge in [0.1, 0.15) is 0 Å². The third-order valence-electron chi connectivity index (χ3n) is 2.88. The third kappa shape index (κ3) is 2.11. The lowest BCUT2D eigenvalue weighted by Crippen LogP contribution is -2.05. The summed E-state index contributed by atoms with van der Waals surface area (Å²) in [6, 6.07) is 13.5. The monoisotopic (exact) mass is 269 g/mol. The molecule has 94 valence electrons. The van der Waals surface area contributed by atoms with Gasteiger partial charge in [0.15, 0.2) is 0 Å². The normalized spacial score (nSPS) is 10.6. The van der Waals surface area contributed by atoms with Crippen LogP contribution in [0, 0.1) is 0 Å². The van der Waals surface area contributed by atoms with Crippen molar-refractivity contribution in [3.8, 4) is 10.6 Å². The summed E-state index contributed by atoms with van der Waals surface area (Å²) in [6.07, 6.45) is 0. The first-order chi connectivity index (χ1) is 9.29. The molecule has 0 N–H and O–H groups in total. The summed E-state index contributed by atoms with van der Waals surface area (Å²) in [6.45, 7) is 0. The Balaban J connectivity index is 2.30. The van der Waals surface area contributed by atoms with Gasteiger partial charge in [-0.2, -0.15) is 0 Å². The van der Waals surface area contributed by atoms with Crippen molar-refractivity contribution in [2.24, 2.45) is 0 Å². The Morgan fingerprint density at radius 1 is 1.21 bits per heavy atom. The fourth-order valence-electron chi connectivity index (χ4n) is 1.98. The molecule has 3 aromatic rings. The van der Waals surface area contributed by atoms with Crippen molar-refractivity contribution in [2.45, 2.75) is 0 Å². The van der Waals surface area contributed by atoms with Crippen molar-refractivity contribution >= 4 is 28.2 Å². The second-order valence-electron chi connectivity index (χ2n) is 4.05. The largest absolute Gasteiger partial charge is 0.465 e. The molecule has 4 heteroatoms. The molecule has 0 fully saturated rings. The van der Waals surface area contributed by atoms with E-state index < -0.39 is 0 Å². The first kappa shape index (κ1) is 11.9. The zero-order valence-corrected chi connectivity index (χ0v) is 11.1. The average Bonchev–Trinajstić information content (AvgIpc) is 2.99. The number of carbonyl (C=O) groups is 1. The highest BCUT2D eigenvalue weighted by atomic mass is 32.1. The first-order valence-corrected chi connectivity index (χ1v) is 6.69. The van der Waals surface area contributed by atoms with E-state index >= 15 is 0 Å². The van der Waals surface area contributed by atoms with E-state index in [2.05, 4.69) is 4.98 Å². The molecule has 0 unspecified atom stereocenters. The SMILES string of the molecule is COC(=O)c1cc2ccccc2nc1-c1cccs1. The average molecular weight is 269 g/mol. The van der Waals surface area contributed by atoms with Gasteiger partial charge in [-0.3, -0.25) is 0 Å². The molecular formula is C15H11NO2S. The molecule has 0 amide bonds. The van der Waals surface area contributed by atoms with Crippen LogP contribution in [0.3, 0.4) is 0 Å². The molecule has 3 rings (SSSR count). The van der Waals surface area contributed by atoms with Crippen LogP contribution in [-0.2, 0) is 4.74 Å². The van der Waals surface area contributed by atoms with Crippen molar-refractivity contribution in [1.82, 2.24) is 4.98 Å². The lowest BCUT2D eigenvalue weighted by molar-refractivity contribution is 0.0601. The number of fused-ring (bicyclic) bond motifs is 1. The Bertz CT molecular complexity index is 735. The minimum Gasteiger partial charge on any atom is -0.465 e. The molecule has 0 aliphatic rings. The molecule has 3 nitrogen and oxygen atoms in total. The fourth-order valence-corrected chi connectivity index (χ4v) is 2.71. The number of para-hydroxylation sites is 1. The van der Waals surface area contributed by atoms with Crippen LogP contribution in [0.1, 0.15) is 10.4 Å². The highest BCUT2D eigenvalue weighted by Gasteiger charge is 2.16. The smallest absolute Gasteiger partial charge is 0.340 e. The number of rotatable bonds is 2. The van der Waals surface area contributed by atoms with Gasteiger partial charge in [0.2, 0.25) is 0 Å². The van der Waals surface area contributed by atoms with E-state index in [1.54, 1.807) is 11.3 Å². The Labute approximate surface area is 114 Å². The van der Waals surface area contributed by atoms with Crippen LogP contribution in [0.2, 0.25) is 0 Å². The molecule has 0 atom stereocenters. The molecule has 0 saturated carbocycles. The summed E-state index contributed by atoms with van der Waals surface area (Å²) in [4.78, 5) is 17.5. The van der Waals surface area contributed by atoms with Crippen molar-refractivity contribution in [3.05, 3.63) is 53.4 Å². The number of ether oxygens (including phenoxy) is 1. The molecule has 0 radical (unpaired) electrons. The maximum absolute atomic E-state index is 11.9. The number of methoxy groups -OCH3 is 1.